The van der Waals surface area contributed by atoms with Crippen molar-refractivity contribution in [3.05, 3.63) is 65.2 Å². The summed E-state index contributed by atoms with van der Waals surface area (Å²) in [5.74, 6) is 0.698. The molecule has 1 N–H and O–H groups in total. The van der Waals surface area contributed by atoms with E-state index in [0.29, 0.717) is 11.8 Å². The van der Waals surface area contributed by atoms with Gasteiger partial charge in [-0.3, -0.25) is 4.99 Å². The topological polar surface area (TPSA) is 53.9 Å². The van der Waals surface area contributed by atoms with Crippen molar-refractivity contribution < 1.29 is 9.53 Å². The third-order valence-electron chi connectivity index (χ3n) is 8.96. The number of unbranched alkanes of at least 4 members (excludes halogenated alkanes) is 1. The SMILES string of the molecule is CCCCC1(C(=O)OC)N=CN(C(C)c2ccccc2)C1C1CCC(C(C)(C)Nc2ccc(Cl)cc2)CC1. The van der Waals surface area contributed by atoms with Gasteiger partial charge < -0.3 is 15.0 Å². The number of carbonyl (C=O) groups excluding carboxylic acids is 1. The van der Waals surface area contributed by atoms with Gasteiger partial charge in [0, 0.05) is 16.2 Å². The highest BCUT2D eigenvalue weighted by Crippen LogP contribution is 2.47. The van der Waals surface area contributed by atoms with Crippen LogP contribution in [0.4, 0.5) is 5.69 Å². The number of nitrogens with one attached hydrogen (secondary N) is 1. The molecule has 38 heavy (non-hydrogen) atoms. The molecule has 0 saturated heterocycles. The lowest BCUT2D eigenvalue weighted by atomic mass is 9.67. The van der Waals surface area contributed by atoms with Gasteiger partial charge in [0.15, 0.2) is 5.54 Å². The molecular formula is C32H44ClN3O2. The first-order valence-electron chi connectivity index (χ1n) is 14.2. The number of hydrogen-bond donors (Lipinski definition) is 1. The Morgan fingerprint density at radius 1 is 1.13 bits per heavy atom. The minimum Gasteiger partial charge on any atom is -0.467 e. The highest BCUT2D eigenvalue weighted by atomic mass is 35.5. The molecule has 1 aliphatic heterocycles. The van der Waals surface area contributed by atoms with E-state index in [9.17, 15) is 4.79 Å². The first-order chi connectivity index (χ1) is 18.2. The van der Waals surface area contributed by atoms with E-state index in [1.807, 2.05) is 36.7 Å². The molecular weight excluding hydrogens is 494 g/mol. The molecule has 1 saturated carbocycles. The van der Waals surface area contributed by atoms with Crippen LogP contribution in [0.5, 0.6) is 0 Å². The number of benzene rings is 2. The van der Waals surface area contributed by atoms with Crippen molar-refractivity contribution in [3.63, 3.8) is 0 Å². The lowest BCUT2D eigenvalue weighted by Crippen LogP contribution is -2.56. The quantitative estimate of drug-likeness (QED) is 0.313. The third-order valence-corrected chi connectivity index (χ3v) is 9.21. The van der Waals surface area contributed by atoms with Crippen LogP contribution in [0.15, 0.2) is 59.6 Å². The highest BCUT2D eigenvalue weighted by molar-refractivity contribution is 6.30. The summed E-state index contributed by atoms with van der Waals surface area (Å²) in [5, 5.41) is 4.50. The van der Waals surface area contributed by atoms with Gasteiger partial charge >= 0.3 is 5.97 Å². The van der Waals surface area contributed by atoms with Crippen LogP contribution in [-0.4, -0.2) is 41.4 Å². The van der Waals surface area contributed by atoms with Gasteiger partial charge in [0.05, 0.1) is 25.5 Å². The summed E-state index contributed by atoms with van der Waals surface area (Å²) in [6.45, 7) is 9.00. The summed E-state index contributed by atoms with van der Waals surface area (Å²) in [5.41, 5.74) is 1.44. The number of rotatable bonds is 10. The number of ether oxygens (including phenoxy) is 1. The molecule has 1 heterocycles. The van der Waals surface area contributed by atoms with Gasteiger partial charge in [-0.2, -0.15) is 0 Å². The van der Waals surface area contributed by atoms with E-state index in [4.69, 9.17) is 21.3 Å². The average molecular weight is 538 g/mol. The van der Waals surface area contributed by atoms with Gasteiger partial charge in [-0.1, -0.05) is 61.7 Å². The maximum absolute atomic E-state index is 13.5. The normalized spacial score (nSPS) is 26.3. The van der Waals surface area contributed by atoms with Crippen LogP contribution in [0.25, 0.3) is 0 Å². The molecule has 2 aromatic rings. The third kappa shape index (κ3) is 5.88. The zero-order valence-corrected chi connectivity index (χ0v) is 24.4. The molecule has 1 aliphatic carbocycles. The van der Waals surface area contributed by atoms with Crippen molar-refractivity contribution in [2.75, 3.05) is 12.4 Å². The Hall–Kier alpha value is -2.53. The van der Waals surface area contributed by atoms with E-state index in [0.717, 1.165) is 55.7 Å². The molecule has 0 spiro atoms. The second-order valence-electron chi connectivity index (χ2n) is 11.7. The van der Waals surface area contributed by atoms with E-state index in [2.05, 4.69) is 62.2 Å². The molecule has 4 rings (SSSR count). The van der Waals surface area contributed by atoms with Gasteiger partial charge in [-0.25, -0.2) is 4.79 Å². The Kier molecular flexibility index (Phi) is 9.07. The summed E-state index contributed by atoms with van der Waals surface area (Å²) < 4.78 is 5.44. The van der Waals surface area contributed by atoms with Crippen molar-refractivity contribution in [1.82, 2.24) is 4.90 Å². The van der Waals surface area contributed by atoms with Crippen molar-refractivity contribution in [2.45, 2.75) is 95.8 Å². The highest BCUT2D eigenvalue weighted by Gasteiger charge is 2.56. The summed E-state index contributed by atoms with van der Waals surface area (Å²) >= 11 is 6.10. The zero-order valence-electron chi connectivity index (χ0n) is 23.6. The molecule has 0 aromatic heterocycles. The zero-order chi connectivity index (χ0) is 27.3. The minimum absolute atomic E-state index is 0.00927. The number of aliphatic imine (C=N–C) groups is 1. The van der Waals surface area contributed by atoms with Crippen LogP contribution >= 0.6 is 11.6 Å². The summed E-state index contributed by atoms with van der Waals surface area (Å²) in [6.07, 6.45) is 8.98. The van der Waals surface area contributed by atoms with Crippen molar-refractivity contribution >= 4 is 29.6 Å². The summed E-state index contributed by atoms with van der Waals surface area (Å²) in [7, 11) is 1.51. The number of nitrogens with zero attached hydrogens (tertiary/aromatic N) is 2. The predicted octanol–water partition coefficient (Wildman–Crippen LogP) is 7.91. The first kappa shape index (κ1) is 28.5. The molecule has 3 atom stereocenters. The Bertz CT molecular complexity index is 1080. The van der Waals surface area contributed by atoms with E-state index >= 15 is 0 Å². The van der Waals surface area contributed by atoms with Crippen LogP contribution in [-0.2, 0) is 9.53 Å². The molecule has 3 unspecified atom stereocenters. The Morgan fingerprint density at radius 3 is 2.39 bits per heavy atom. The van der Waals surface area contributed by atoms with Crippen molar-refractivity contribution in [3.8, 4) is 0 Å². The van der Waals surface area contributed by atoms with Gasteiger partial charge in [0.2, 0.25) is 0 Å². The van der Waals surface area contributed by atoms with Crippen LogP contribution in [0, 0.1) is 11.8 Å². The Morgan fingerprint density at radius 2 is 1.79 bits per heavy atom. The molecule has 206 valence electrons. The van der Waals surface area contributed by atoms with E-state index in [1.165, 1.54) is 12.7 Å². The Labute approximate surface area is 234 Å². The molecule has 0 bridgehead atoms. The number of methoxy groups -OCH3 is 1. The van der Waals surface area contributed by atoms with E-state index in [-0.39, 0.29) is 23.6 Å². The second kappa shape index (κ2) is 12.1. The smallest absolute Gasteiger partial charge is 0.335 e. The van der Waals surface area contributed by atoms with E-state index in [1.54, 1.807) is 0 Å². The fraction of sp³-hybridized carbons (Fsp3) is 0.562. The largest absolute Gasteiger partial charge is 0.467 e. The molecule has 6 heteroatoms. The second-order valence-corrected chi connectivity index (χ2v) is 12.1. The van der Waals surface area contributed by atoms with Crippen LogP contribution in [0.1, 0.15) is 84.2 Å². The standard InChI is InChI=1S/C32H44ClN3O2/c1-6-7-21-32(30(37)38-5)29(36(22-34-32)23(2)24-11-9-8-10-12-24)25-13-15-26(16-14-25)31(3,4)35-28-19-17-27(33)18-20-28/h8-12,17-20,22-23,25-26,29,35H,6-7,13-16,21H2,1-5H3. The van der Waals surface area contributed by atoms with Gasteiger partial charge in [-0.15, -0.1) is 0 Å². The number of hydrogen-bond acceptors (Lipinski definition) is 5. The molecule has 0 radical (unpaired) electrons. The minimum atomic E-state index is -0.845. The molecule has 0 amide bonds. The van der Waals surface area contributed by atoms with Crippen molar-refractivity contribution in [2.24, 2.45) is 16.8 Å². The number of esters is 1. The summed E-state index contributed by atoms with van der Waals surface area (Å²) in [4.78, 5) is 20.8. The van der Waals surface area contributed by atoms with Crippen molar-refractivity contribution in [1.29, 1.82) is 0 Å². The van der Waals surface area contributed by atoms with E-state index < -0.39 is 5.54 Å². The maximum Gasteiger partial charge on any atom is 0.335 e. The number of carbonyl (C=O) groups is 1. The molecule has 1 fully saturated rings. The monoisotopic (exact) mass is 537 g/mol. The number of halogens is 1. The fourth-order valence-corrected chi connectivity index (χ4v) is 6.84. The lowest BCUT2D eigenvalue weighted by Gasteiger charge is -2.47. The molecule has 5 nitrogen and oxygen atoms in total. The lowest BCUT2D eigenvalue weighted by molar-refractivity contribution is -0.150. The maximum atomic E-state index is 13.5. The fourth-order valence-electron chi connectivity index (χ4n) is 6.72. The van der Waals surface area contributed by atoms with Gasteiger partial charge in [0.1, 0.15) is 0 Å². The average Bonchev–Trinajstić information content (AvgIpc) is 3.33. The molecule has 2 aliphatic rings. The summed E-state index contributed by atoms with van der Waals surface area (Å²) in [6, 6.07) is 18.6. The van der Waals surface area contributed by atoms with Crippen LogP contribution < -0.4 is 5.32 Å². The van der Waals surface area contributed by atoms with Gasteiger partial charge in [-0.05, 0) is 94.5 Å². The Balaban J connectivity index is 1.56. The number of anilines is 1. The van der Waals surface area contributed by atoms with Crippen LogP contribution in [0.2, 0.25) is 5.02 Å². The predicted molar refractivity (Wildman–Crippen MR) is 158 cm³/mol. The van der Waals surface area contributed by atoms with Crippen LogP contribution in [0.3, 0.4) is 0 Å². The molecule has 2 aromatic carbocycles. The van der Waals surface area contributed by atoms with Gasteiger partial charge in [0.25, 0.3) is 0 Å². The first-order valence-corrected chi connectivity index (χ1v) is 14.6.